The quantitative estimate of drug-likeness (QED) is 0.756. The first kappa shape index (κ1) is 14.0. The summed E-state index contributed by atoms with van der Waals surface area (Å²) in [5.74, 6) is 0.664. The third-order valence-corrected chi connectivity index (χ3v) is 2.83. The van der Waals surface area contributed by atoms with Crippen LogP contribution in [-0.2, 0) is 0 Å². The van der Waals surface area contributed by atoms with Crippen molar-refractivity contribution in [2.24, 2.45) is 0 Å². The van der Waals surface area contributed by atoms with Crippen molar-refractivity contribution in [3.8, 4) is 5.75 Å². The lowest BCUT2D eigenvalue weighted by atomic mass is 10.1. The monoisotopic (exact) mass is 299 g/mol. The molecule has 1 rings (SSSR count). The van der Waals surface area contributed by atoms with E-state index in [1.165, 1.54) is 0 Å². The second-order valence-corrected chi connectivity index (χ2v) is 4.47. The summed E-state index contributed by atoms with van der Waals surface area (Å²) < 4.78 is 5.21. The number of benzene rings is 1. The number of rotatable bonds is 6. The summed E-state index contributed by atoms with van der Waals surface area (Å²) in [4.78, 5) is 14.2. The van der Waals surface area contributed by atoms with Crippen molar-refractivity contribution < 1.29 is 9.53 Å². The molecule has 0 aromatic heterocycles. The van der Waals surface area contributed by atoms with Crippen molar-refractivity contribution in [3.63, 3.8) is 0 Å². The van der Waals surface area contributed by atoms with E-state index in [9.17, 15) is 4.79 Å². The highest BCUT2D eigenvalue weighted by Gasteiger charge is 2.17. The molecule has 0 bridgehead atoms. The smallest absolute Gasteiger partial charge is 0.257 e. The van der Waals surface area contributed by atoms with E-state index in [4.69, 9.17) is 4.74 Å². The standard InChI is InChI=1S/C13H18BrNO2/c1-3-9-15(10-8-14)13(16)11-6-4-5-7-12(11)17-2/h4-7H,3,8-10H2,1-2H3. The number of hydrogen-bond donors (Lipinski definition) is 0. The maximum Gasteiger partial charge on any atom is 0.257 e. The first-order chi connectivity index (χ1) is 8.24. The summed E-state index contributed by atoms with van der Waals surface area (Å²) in [5.41, 5.74) is 0.629. The van der Waals surface area contributed by atoms with Gasteiger partial charge in [0.15, 0.2) is 0 Å². The van der Waals surface area contributed by atoms with Gasteiger partial charge in [-0.05, 0) is 18.6 Å². The first-order valence-electron chi connectivity index (χ1n) is 5.72. The fourth-order valence-electron chi connectivity index (χ4n) is 1.68. The Morgan fingerprint density at radius 3 is 2.65 bits per heavy atom. The van der Waals surface area contributed by atoms with Gasteiger partial charge < -0.3 is 9.64 Å². The highest BCUT2D eigenvalue weighted by Crippen LogP contribution is 2.19. The van der Waals surface area contributed by atoms with Crippen molar-refractivity contribution in [1.82, 2.24) is 4.90 Å². The molecule has 94 valence electrons. The Kier molecular flexibility index (Phi) is 6.05. The molecule has 0 aliphatic rings. The molecule has 17 heavy (non-hydrogen) atoms. The number of hydrogen-bond acceptors (Lipinski definition) is 2. The van der Waals surface area contributed by atoms with Gasteiger partial charge in [0.2, 0.25) is 0 Å². The van der Waals surface area contributed by atoms with Gasteiger partial charge in [-0.2, -0.15) is 0 Å². The molecule has 4 heteroatoms. The van der Waals surface area contributed by atoms with E-state index in [-0.39, 0.29) is 5.91 Å². The fourth-order valence-corrected chi connectivity index (χ4v) is 2.11. The van der Waals surface area contributed by atoms with E-state index in [2.05, 4.69) is 22.9 Å². The average Bonchev–Trinajstić information content (AvgIpc) is 2.37. The maximum absolute atomic E-state index is 12.3. The Morgan fingerprint density at radius 2 is 2.06 bits per heavy atom. The molecule has 0 saturated carbocycles. The predicted octanol–water partition coefficient (Wildman–Crippen LogP) is 2.94. The van der Waals surface area contributed by atoms with Crippen LogP contribution < -0.4 is 4.74 Å². The highest BCUT2D eigenvalue weighted by molar-refractivity contribution is 9.09. The van der Waals surface area contributed by atoms with Crippen molar-refractivity contribution in [3.05, 3.63) is 29.8 Å². The number of carbonyl (C=O) groups is 1. The Labute approximate surface area is 111 Å². The van der Waals surface area contributed by atoms with E-state index >= 15 is 0 Å². The van der Waals surface area contributed by atoms with Gasteiger partial charge >= 0.3 is 0 Å². The van der Waals surface area contributed by atoms with Gasteiger partial charge in [0.05, 0.1) is 12.7 Å². The number of para-hydroxylation sites is 1. The molecule has 0 N–H and O–H groups in total. The Morgan fingerprint density at radius 1 is 1.35 bits per heavy atom. The molecule has 3 nitrogen and oxygen atoms in total. The van der Waals surface area contributed by atoms with Crippen LogP contribution in [0, 0.1) is 0 Å². The van der Waals surface area contributed by atoms with Crippen molar-refractivity contribution >= 4 is 21.8 Å². The lowest BCUT2D eigenvalue weighted by Gasteiger charge is -2.22. The Bertz CT molecular complexity index is 362. The van der Waals surface area contributed by atoms with Gasteiger partial charge in [0, 0.05) is 18.4 Å². The van der Waals surface area contributed by atoms with Crippen LogP contribution in [0.5, 0.6) is 5.75 Å². The molecule has 0 unspecified atom stereocenters. The topological polar surface area (TPSA) is 29.5 Å². The van der Waals surface area contributed by atoms with Crippen LogP contribution in [0.3, 0.4) is 0 Å². The van der Waals surface area contributed by atoms with Crippen LogP contribution in [0.15, 0.2) is 24.3 Å². The summed E-state index contributed by atoms with van der Waals surface area (Å²) in [6, 6.07) is 7.34. The number of carbonyl (C=O) groups excluding carboxylic acids is 1. The number of amides is 1. The third-order valence-electron chi connectivity index (χ3n) is 2.47. The number of nitrogens with zero attached hydrogens (tertiary/aromatic N) is 1. The highest BCUT2D eigenvalue weighted by atomic mass is 79.9. The van der Waals surface area contributed by atoms with Crippen molar-refractivity contribution in [1.29, 1.82) is 0 Å². The Hall–Kier alpha value is -1.03. The molecule has 0 atom stereocenters. The van der Waals surface area contributed by atoms with Crippen LogP contribution >= 0.6 is 15.9 Å². The van der Waals surface area contributed by atoms with E-state index in [1.54, 1.807) is 13.2 Å². The number of halogens is 1. The van der Waals surface area contributed by atoms with Crippen LogP contribution in [0.1, 0.15) is 23.7 Å². The zero-order chi connectivity index (χ0) is 12.7. The molecule has 0 aliphatic heterocycles. The molecule has 0 fully saturated rings. The van der Waals surface area contributed by atoms with Crippen LogP contribution in [-0.4, -0.2) is 36.3 Å². The normalized spacial score (nSPS) is 10.1. The molecule has 0 radical (unpaired) electrons. The van der Waals surface area contributed by atoms with E-state index < -0.39 is 0 Å². The summed E-state index contributed by atoms with van der Waals surface area (Å²) >= 11 is 3.37. The van der Waals surface area contributed by atoms with Crippen molar-refractivity contribution in [2.45, 2.75) is 13.3 Å². The summed E-state index contributed by atoms with van der Waals surface area (Å²) in [5, 5.41) is 0.786. The molecule has 1 aromatic rings. The molecule has 0 heterocycles. The largest absolute Gasteiger partial charge is 0.496 e. The number of ether oxygens (including phenoxy) is 1. The van der Waals surface area contributed by atoms with Crippen LogP contribution in [0.2, 0.25) is 0 Å². The van der Waals surface area contributed by atoms with Gasteiger partial charge in [-0.1, -0.05) is 35.0 Å². The van der Waals surface area contributed by atoms with Gasteiger partial charge in [-0.3, -0.25) is 4.79 Å². The summed E-state index contributed by atoms with van der Waals surface area (Å²) in [7, 11) is 1.58. The second kappa shape index (κ2) is 7.33. The van der Waals surface area contributed by atoms with Gasteiger partial charge in [0.25, 0.3) is 5.91 Å². The van der Waals surface area contributed by atoms with Crippen molar-refractivity contribution in [2.75, 3.05) is 25.5 Å². The van der Waals surface area contributed by atoms with E-state index in [0.29, 0.717) is 17.9 Å². The van der Waals surface area contributed by atoms with Crippen LogP contribution in [0.25, 0.3) is 0 Å². The van der Waals surface area contributed by atoms with E-state index in [1.807, 2.05) is 23.1 Å². The van der Waals surface area contributed by atoms with Gasteiger partial charge in [0.1, 0.15) is 5.75 Å². The summed E-state index contributed by atoms with van der Waals surface area (Å²) in [6.07, 6.45) is 0.952. The lowest BCUT2D eigenvalue weighted by molar-refractivity contribution is 0.0763. The zero-order valence-electron chi connectivity index (χ0n) is 10.3. The molecule has 0 spiro atoms. The number of methoxy groups -OCH3 is 1. The Balaban J connectivity index is 2.92. The molecule has 0 saturated heterocycles. The fraction of sp³-hybridized carbons (Fsp3) is 0.462. The van der Waals surface area contributed by atoms with Crippen LogP contribution in [0.4, 0.5) is 0 Å². The lowest BCUT2D eigenvalue weighted by Crippen LogP contribution is -2.33. The third kappa shape index (κ3) is 3.73. The minimum Gasteiger partial charge on any atom is -0.496 e. The molecular weight excluding hydrogens is 282 g/mol. The zero-order valence-corrected chi connectivity index (χ0v) is 11.9. The molecular formula is C13H18BrNO2. The molecule has 1 aromatic carbocycles. The van der Waals surface area contributed by atoms with Gasteiger partial charge in [-0.25, -0.2) is 0 Å². The first-order valence-corrected chi connectivity index (χ1v) is 6.85. The maximum atomic E-state index is 12.3. The number of alkyl halides is 1. The minimum absolute atomic E-state index is 0.0313. The summed E-state index contributed by atoms with van der Waals surface area (Å²) in [6.45, 7) is 3.55. The molecule has 0 aliphatic carbocycles. The average molecular weight is 300 g/mol. The second-order valence-electron chi connectivity index (χ2n) is 3.68. The SMILES string of the molecule is CCCN(CCBr)C(=O)c1ccccc1OC. The van der Waals surface area contributed by atoms with Gasteiger partial charge in [-0.15, -0.1) is 0 Å². The molecule has 1 amide bonds. The van der Waals surface area contributed by atoms with E-state index in [0.717, 1.165) is 18.3 Å². The minimum atomic E-state index is 0.0313. The predicted molar refractivity (Wildman–Crippen MR) is 73.0 cm³/mol.